The van der Waals surface area contributed by atoms with E-state index in [0.29, 0.717) is 32.2 Å². The van der Waals surface area contributed by atoms with Crippen LogP contribution < -0.4 is 9.47 Å². The van der Waals surface area contributed by atoms with Gasteiger partial charge in [0.15, 0.2) is 0 Å². The van der Waals surface area contributed by atoms with Gasteiger partial charge in [-0.05, 0) is 78.4 Å². The molecular formula is C31H32Br2N2O5. The van der Waals surface area contributed by atoms with Crippen LogP contribution in [0.3, 0.4) is 0 Å². The van der Waals surface area contributed by atoms with Crippen molar-refractivity contribution in [3.8, 4) is 28.4 Å². The van der Waals surface area contributed by atoms with E-state index in [9.17, 15) is 0 Å². The summed E-state index contributed by atoms with van der Waals surface area (Å²) in [6.45, 7) is 2.37. The number of aromatic hydroxyl groups is 1. The van der Waals surface area contributed by atoms with E-state index >= 15 is 0 Å². The Morgan fingerprint density at radius 2 is 1.20 bits per heavy atom. The largest absolute Gasteiger partial charge is 0.508 e. The zero-order valence-electron chi connectivity index (χ0n) is 22.3. The van der Waals surface area contributed by atoms with Crippen molar-refractivity contribution >= 4 is 42.9 Å². The van der Waals surface area contributed by atoms with Gasteiger partial charge in [-0.15, -0.1) is 0 Å². The molecule has 0 aliphatic rings. The molecule has 3 aromatic carbocycles. The highest BCUT2D eigenvalue weighted by Gasteiger charge is 2.02. The molecule has 0 spiro atoms. The molecule has 0 fully saturated rings. The molecule has 40 heavy (non-hydrogen) atoms. The highest BCUT2D eigenvalue weighted by molar-refractivity contribution is 9.10. The van der Waals surface area contributed by atoms with Gasteiger partial charge in [0.25, 0.3) is 0 Å². The highest BCUT2D eigenvalue weighted by atomic mass is 79.9. The molecule has 0 unspecified atom stereocenters. The van der Waals surface area contributed by atoms with Crippen molar-refractivity contribution in [2.24, 2.45) is 0 Å². The van der Waals surface area contributed by atoms with Crippen LogP contribution in [0, 0.1) is 0 Å². The number of H-pyrrole nitrogens is 1. The third kappa shape index (κ3) is 11.0. The van der Waals surface area contributed by atoms with E-state index in [1.54, 1.807) is 38.5 Å². The van der Waals surface area contributed by atoms with Crippen LogP contribution in [-0.4, -0.2) is 55.7 Å². The molecule has 0 atom stereocenters. The molecule has 7 nitrogen and oxygen atoms in total. The van der Waals surface area contributed by atoms with Crippen molar-refractivity contribution < 1.29 is 24.1 Å². The topological polar surface area (TPSA) is 85.8 Å². The van der Waals surface area contributed by atoms with Gasteiger partial charge in [-0.1, -0.05) is 44.0 Å². The third-order valence-corrected chi connectivity index (χ3v) is 6.40. The van der Waals surface area contributed by atoms with E-state index in [1.807, 2.05) is 67.0 Å². The van der Waals surface area contributed by atoms with Crippen LogP contribution in [-0.2, 0) is 9.47 Å². The Morgan fingerprint density at radius 3 is 1.73 bits per heavy atom. The van der Waals surface area contributed by atoms with Gasteiger partial charge in [0.2, 0.25) is 0 Å². The maximum atomic E-state index is 8.74. The maximum absolute atomic E-state index is 8.74. The summed E-state index contributed by atoms with van der Waals surface area (Å²) < 4.78 is 22.8. The number of aromatic nitrogens is 2. The Morgan fingerprint density at radius 1 is 0.675 bits per heavy atom. The first-order chi connectivity index (χ1) is 19.5. The van der Waals surface area contributed by atoms with Gasteiger partial charge in [0.1, 0.15) is 36.1 Å². The van der Waals surface area contributed by atoms with Crippen molar-refractivity contribution in [2.75, 3.05) is 40.6 Å². The predicted molar refractivity (Wildman–Crippen MR) is 166 cm³/mol. The molecule has 0 amide bonds. The summed E-state index contributed by atoms with van der Waals surface area (Å²) in [6.07, 6.45) is 3.77. The number of nitrogens with one attached hydrogen (secondary N) is 1. The molecule has 0 radical (unpaired) electrons. The van der Waals surface area contributed by atoms with Crippen LogP contribution >= 0.6 is 31.9 Å². The van der Waals surface area contributed by atoms with Crippen molar-refractivity contribution in [1.29, 1.82) is 0 Å². The number of aromatic amines is 1. The zero-order valence-corrected chi connectivity index (χ0v) is 25.5. The fraction of sp³-hybridized carbons (Fsp3) is 0.194. The number of nitrogens with zero attached hydrogens (tertiary/aromatic N) is 1. The van der Waals surface area contributed by atoms with E-state index in [4.69, 9.17) is 24.1 Å². The average molecular weight is 672 g/mol. The molecule has 5 rings (SSSR count). The second-order valence-corrected chi connectivity index (χ2v) is 10.1. The summed E-state index contributed by atoms with van der Waals surface area (Å²) >= 11 is 6.58. The highest BCUT2D eigenvalue weighted by Crippen LogP contribution is 2.24. The van der Waals surface area contributed by atoms with E-state index < -0.39 is 0 Å². The Kier molecular flexibility index (Phi) is 13.5. The summed E-state index contributed by atoms with van der Waals surface area (Å²) in [6, 6.07) is 26.7. The molecule has 0 saturated heterocycles. The van der Waals surface area contributed by atoms with Crippen LogP contribution in [0.15, 0.2) is 106 Å². The number of ether oxygens (including phenoxy) is 4. The standard InChI is InChI=1S/C16H16N2O2.C9H11BrO2.C6H5BrO/c1-19-8-9-20-15-4-2-12(3-5-15)14-10-13-6-7-17-16(13)18-11-14;1-11-6-7-12-9-4-2-8(10)3-5-9;7-5-1-3-6(8)4-2-5/h2-7,10-11H,8-9H2,1H3,(H,17,18);2-5H,6-7H2,1H3;1-4,8H. The number of pyridine rings is 1. The van der Waals surface area contributed by atoms with Crippen LogP contribution in [0.4, 0.5) is 0 Å². The fourth-order valence-electron chi connectivity index (χ4n) is 3.30. The van der Waals surface area contributed by atoms with Gasteiger partial charge in [-0.25, -0.2) is 4.98 Å². The molecule has 0 aliphatic carbocycles. The Hall–Kier alpha value is -3.37. The number of methoxy groups -OCH3 is 2. The van der Waals surface area contributed by atoms with Crippen molar-refractivity contribution in [2.45, 2.75) is 0 Å². The third-order valence-electron chi connectivity index (χ3n) is 5.34. The van der Waals surface area contributed by atoms with Crippen LogP contribution in [0.25, 0.3) is 22.2 Å². The van der Waals surface area contributed by atoms with E-state index in [1.165, 1.54) is 0 Å². The summed E-state index contributed by atoms with van der Waals surface area (Å²) in [5.74, 6) is 2.02. The van der Waals surface area contributed by atoms with Gasteiger partial charge in [0, 0.05) is 46.5 Å². The van der Waals surface area contributed by atoms with E-state index in [0.717, 1.165) is 42.6 Å². The number of phenolic OH excluding ortho intramolecular Hbond substituents is 1. The Labute approximate surface area is 251 Å². The molecule has 9 heteroatoms. The number of hydrogen-bond donors (Lipinski definition) is 2. The smallest absolute Gasteiger partial charge is 0.137 e. The molecule has 210 valence electrons. The number of benzene rings is 3. The quantitative estimate of drug-likeness (QED) is 0.155. The summed E-state index contributed by atoms with van der Waals surface area (Å²) in [5, 5.41) is 9.85. The Bertz CT molecular complexity index is 1370. The lowest BCUT2D eigenvalue weighted by atomic mass is 10.1. The molecule has 2 heterocycles. The molecule has 2 aromatic heterocycles. The number of halogens is 2. The van der Waals surface area contributed by atoms with E-state index in [-0.39, 0.29) is 0 Å². The molecule has 0 saturated carbocycles. The van der Waals surface area contributed by atoms with Gasteiger partial charge < -0.3 is 29.0 Å². The number of phenols is 1. The molecule has 0 bridgehead atoms. The second kappa shape index (κ2) is 17.3. The Balaban J connectivity index is 0.000000187. The molecule has 0 aliphatic heterocycles. The predicted octanol–water partition coefficient (Wildman–Crippen LogP) is 7.88. The van der Waals surface area contributed by atoms with Crippen LogP contribution in [0.5, 0.6) is 17.2 Å². The van der Waals surface area contributed by atoms with Crippen LogP contribution in [0.1, 0.15) is 0 Å². The number of rotatable bonds is 9. The summed E-state index contributed by atoms with van der Waals surface area (Å²) in [4.78, 5) is 7.49. The van der Waals surface area contributed by atoms with Gasteiger partial charge in [0.05, 0.1) is 13.2 Å². The first-order valence-electron chi connectivity index (χ1n) is 12.5. The second-order valence-electron chi connectivity index (χ2n) is 8.28. The van der Waals surface area contributed by atoms with Crippen molar-refractivity contribution in [1.82, 2.24) is 9.97 Å². The zero-order chi connectivity index (χ0) is 28.6. The minimum atomic E-state index is 0.299. The SMILES string of the molecule is COCCOc1ccc(-c2cnc3[nH]ccc3c2)cc1.COCCOc1ccc(Br)cc1.Oc1ccc(Br)cc1. The number of fused-ring (bicyclic) bond motifs is 1. The minimum Gasteiger partial charge on any atom is -0.508 e. The van der Waals surface area contributed by atoms with Gasteiger partial charge >= 0.3 is 0 Å². The fourth-order valence-corrected chi connectivity index (χ4v) is 3.83. The lowest BCUT2D eigenvalue weighted by Crippen LogP contribution is -2.03. The summed E-state index contributed by atoms with van der Waals surface area (Å²) in [5.41, 5.74) is 3.13. The molecule has 2 N–H and O–H groups in total. The summed E-state index contributed by atoms with van der Waals surface area (Å²) in [7, 11) is 3.32. The van der Waals surface area contributed by atoms with Crippen LogP contribution in [0.2, 0.25) is 0 Å². The number of hydrogen-bond acceptors (Lipinski definition) is 6. The maximum Gasteiger partial charge on any atom is 0.137 e. The monoisotopic (exact) mass is 670 g/mol. The average Bonchev–Trinajstić information content (AvgIpc) is 3.45. The van der Waals surface area contributed by atoms with Crippen molar-refractivity contribution in [3.05, 3.63) is 106 Å². The van der Waals surface area contributed by atoms with Gasteiger partial charge in [-0.3, -0.25) is 0 Å². The normalized spacial score (nSPS) is 10.2. The van der Waals surface area contributed by atoms with Crippen molar-refractivity contribution in [3.63, 3.8) is 0 Å². The molecular weight excluding hydrogens is 640 g/mol. The molecule has 5 aromatic rings. The first-order valence-corrected chi connectivity index (χ1v) is 14.0. The first kappa shape index (κ1) is 31.2. The van der Waals surface area contributed by atoms with E-state index in [2.05, 4.69) is 47.9 Å². The minimum absolute atomic E-state index is 0.299. The lowest BCUT2D eigenvalue weighted by Gasteiger charge is -2.07. The lowest BCUT2D eigenvalue weighted by molar-refractivity contribution is 0.146. The van der Waals surface area contributed by atoms with Gasteiger partial charge in [-0.2, -0.15) is 0 Å².